The van der Waals surface area contributed by atoms with Crippen LogP contribution in [0.25, 0.3) is 5.69 Å². The normalized spacial score (nSPS) is 10.6. The summed E-state index contributed by atoms with van der Waals surface area (Å²) >= 11 is 1.21. The van der Waals surface area contributed by atoms with Crippen molar-refractivity contribution in [1.82, 2.24) is 14.8 Å². The molecule has 1 amide bonds. The third-order valence-electron chi connectivity index (χ3n) is 4.89. The fourth-order valence-corrected chi connectivity index (χ4v) is 4.11. The van der Waals surface area contributed by atoms with E-state index in [1.165, 1.54) is 23.9 Å². The first-order valence-electron chi connectivity index (χ1n) is 10.5. The number of hydrogen-bond donors (Lipinski definition) is 2. The lowest BCUT2D eigenvalue weighted by Gasteiger charge is -2.12. The molecule has 0 saturated carbocycles. The molecule has 172 valence electrons. The van der Waals surface area contributed by atoms with Crippen molar-refractivity contribution in [3.05, 3.63) is 100 Å². The van der Waals surface area contributed by atoms with E-state index in [4.69, 9.17) is 0 Å². The van der Waals surface area contributed by atoms with Gasteiger partial charge in [-0.3, -0.25) is 19.5 Å². The molecule has 0 bridgehead atoms. The Kier molecular flexibility index (Phi) is 7.19. The number of amides is 1. The van der Waals surface area contributed by atoms with E-state index in [1.54, 1.807) is 12.1 Å². The zero-order valence-corrected chi connectivity index (χ0v) is 19.2. The van der Waals surface area contributed by atoms with Gasteiger partial charge in [-0.05, 0) is 42.8 Å². The highest BCUT2D eigenvalue weighted by atomic mass is 32.2. The molecule has 2 N–H and O–H groups in total. The largest absolute Gasteiger partial charge is 0.378 e. The van der Waals surface area contributed by atoms with E-state index >= 15 is 0 Å². The van der Waals surface area contributed by atoms with Crippen molar-refractivity contribution in [2.24, 2.45) is 0 Å². The van der Waals surface area contributed by atoms with Crippen LogP contribution in [0, 0.1) is 17.0 Å². The number of rotatable bonds is 9. The van der Waals surface area contributed by atoms with Crippen molar-refractivity contribution >= 4 is 34.7 Å². The molecule has 34 heavy (non-hydrogen) atoms. The number of aryl methyl sites for hydroxylation is 1. The number of nitro benzene ring substituents is 1. The number of para-hydroxylation sites is 3. The summed E-state index contributed by atoms with van der Waals surface area (Å²) in [5, 5.41) is 26.3. The van der Waals surface area contributed by atoms with Crippen LogP contribution in [-0.2, 0) is 11.3 Å². The summed E-state index contributed by atoms with van der Waals surface area (Å²) in [6.45, 7) is 2.47. The number of anilines is 2. The lowest BCUT2D eigenvalue weighted by atomic mass is 10.2. The van der Waals surface area contributed by atoms with E-state index in [2.05, 4.69) is 20.8 Å². The van der Waals surface area contributed by atoms with Crippen LogP contribution in [0.15, 0.2) is 84.0 Å². The second-order valence-corrected chi connectivity index (χ2v) is 8.35. The highest BCUT2D eigenvalue weighted by Crippen LogP contribution is 2.25. The van der Waals surface area contributed by atoms with Gasteiger partial charge in [-0.25, -0.2) is 0 Å². The van der Waals surface area contributed by atoms with Crippen LogP contribution in [0.1, 0.15) is 11.4 Å². The van der Waals surface area contributed by atoms with Gasteiger partial charge in [-0.1, -0.05) is 54.2 Å². The van der Waals surface area contributed by atoms with Gasteiger partial charge in [0.1, 0.15) is 5.69 Å². The molecule has 0 spiro atoms. The molecule has 0 aliphatic heterocycles. The Balaban J connectivity index is 1.50. The fraction of sp³-hybridized carbons (Fsp3) is 0.125. The molecule has 0 radical (unpaired) electrons. The van der Waals surface area contributed by atoms with Crippen molar-refractivity contribution in [1.29, 1.82) is 0 Å². The van der Waals surface area contributed by atoms with E-state index in [9.17, 15) is 14.9 Å². The fourth-order valence-electron chi connectivity index (χ4n) is 3.34. The number of aromatic nitrogens is 3. The monoisotopic (exact) mass is 474 g/mol. The average molecular weight is 475 g/mol. The molecule has 0 aliphatic rings. The zero-order valence-electron chi connectivity index (χ0n) is 18.3. The number of hydrogen-bond acceptors (Lipinski definition) is 7. The van der Waals surface area contributed by atoms with Gasteiger partial charge in [0.25, 0.3) is 5.69 Å². The number of nitrogens with one attached hydrogen (secondary N) is 2. The summed E-state index contributed by atoms with van der Waals surface area (Å²) < 4.78 is 1.89. The van der Waals surface area contributed by atoms with E-state index in [1.807, 2.05) is 66.1 Å². The quantitative estimate of drug-likeness (QED) is 0.203. The number of carbonyl (C=O) groups is 1. The molecule has 0 aliphatic carbocycles. The molecular weight excluding hydrogens is 452 g/mol. The number of nitro groups is 1. The van der Waals surface area contributed by atoms with Gasteiger partial charge >= 0.3 is 0 Å². The Morgan fingerprint density at radius 3 is 2.56 bits per heavy atom. The predicted octanol–water partition coefficient (Wildman–Crippen LogP) is 4.83. The summed E-state index contributed by atoms with van der Waals surface area (Å²) in [4.78, 5) is 23.2. The molecule has 0 fully saturated rings. The van der Waals surface area contributed by atoms with Gasteiger partial charge in [-0.2, -0.15) is 0 Å². The van der Waals surface area contributed by atoms with Crippen LogP contribution in [0.2, 0.25) is 0 Å². The smallest absolute Gasteiger partial charge is 0.292 e. The first-order valence-corrected chi connectivity index (χ1v) is 11.5. The summed E-state index contributed by atoms with van der Waals surface area (Å²) in [5.41, 5.74) is 3.00. The van der Waals surface area contributed by atoms with Crippen molar-refractivity contribution in [3.63, 3.8) is 0 Å². The number of carbonyl (C=O) groups excluding carboxylic acids is 1. The van der Waals surface area contributed by atoms with E-state index in [0.29, 0.717) is 17.5 Å². The maximum absolute atomic E-state index is 12.5. The van der Waals surface area contributed by atoms with Gasteiger partial charge in [-0.15, -0.1) is 10.2 Å². The maximum atomic E-state index is 12.5. The van der Waals surface area contributed by atoms with E-state index in [0.717, 1.165) is 16.9 Å². The third-order valence-corrected chi connectivity index (χ3v) is 5.82. The Morgan fingerprint density at radius 2 is 1.79 bits per heavy atom. The SMILES string of the molecule is Cc1cccc(NCc2nnc(SCC(=O)Nc3ccccc3[N+](=O)[O-])n2-c2ccccc2)c1. The molecule has 0 atom stereocenters. The van der Waals surface area contributed by atoms with Crippen LogP contribution < -0.4 is 10.6 Å². The number of thioether (sulfide) groups is 1. The van der Waals surface area contributed by atoms with Gasteiger partial charge < -0.3 is 10.6 Å². The van der Waals surface area contributed by atoms with Crippen molar-refractivity contribution in [3.8, 4) is 5.69 Å². The second-order valence-electron chi connectivity index (χ2n) is 7.40. The lowest BCUT2D eigenvalue weighted by Crippen LogP contribution is -2.15. The van der Waals surface area contributed by atoms with Gasteiger partial charge in [0.05, 0.1) is 17.2 Å². The van der Waals surface area contributed by atoms with Gasteiger partial charge in [0.15, 0.2) is 11.0 Å². The highest BCUT2D eigenvalue weighted by molar-refractivity contribution is 7.99. The summed E-state index contributed by atoms with van der Waals surface area (Å²) in [5.74, 6) is 0.332. The zero-order chi connectivity index (χ0) is 23.9. The van der Waals surface area contributed by atoms with Crippen LogP contribution >= 0.6 is 11.8 Å². The standard InChI is InChI=1S/C24H22N6O3S/c1-17-8-7-9-18(14-17)25-15-22-27-28-24(29(22)19-10-3-2-4-11-19)34-16-23(31)26-20-12-5-6-13-21(20)30(32)33/h2-14,25H,15-16H2,1H3,(H,26,31). The van der Waals surface area contributed by atoms with Crippen LogP contribution in [0.3, 0.4) is 0 Å². The molecule has 9 nitrogen and oxygen atoms in total. The number of benzene rings is 3. The molecule has 0 unspecified atom stereocenters. The molecule has 1 heterocycles. The van der Waals surface area contributed by atoms with Crippen LogP contribution in [-0.4, -0.2) is 31.3 Å². The summed E-state index contributed by atoms with van der Waals surface area (Å²) in [6, 6.07) is 23.7. The first-order chi connectivity index (χ1) is 16.5. The second kappa shape index (κ2) is 10.6. The maximum Gasteiger partial charge on any atom is 0.292 e. The Hall–Kier alpha value is -4.18. The minimum absolute atomic E-state index is 0.0162. The first kappa shape index (κ1) is 23.0. The van der Waals surface area contributed by atoms with E-state index in [-0.39, 0.29) is 23.0 Å². The van der Waals surface area contributed by atoms with Gasteiger partial charge in [0, 0.05) is 17.4 Å². The molecule has 4 rings (SSSR count). The molecule has 1 aromatic heterocycles. The van der Waals surface area contributed by atoms with Crippen LogP contribution in [0.5, 0.6) is 0 Å². The van der Waals surface area contributed by atoms with Crippen LogP contribution in [0.4, 0.5) is 17.1 Å². The van der Waals surface area contributed by atoms with Crippen molar-refractivity contribution in [2.45, 2.75) is 18.6 Å². The molecule has 0 saturated heterocycles. The van der Waals surface area contributed by atoms with Gasteiger partial charge in [0.2, 0.25) is 5.91 Å². The topological polar surface area (TPSA) is 115 Å². The Bertz CT molecular complexity index is 1310. The minimum atomic E-state index is -0.526. The Morgan fingerprint density at radius 1 is 1.03 bits per heavy atom. The minimum Gasteiger partial charge on any atom is -0.378 e. The van der Waals surface area contributed by atoms with Crippen molar-refractivity contribution < 1.29 is 9.72 Å². The van der Waals surface area contributed by atoms with E-state index < -0.39 is 4.92 Å². The molecule has 10 heteroatoms. The Labute approximate surface area is 200 Å². The number of nitrogens with zero attached hydrogens (tertiary/aromatic N) is 4. The summed E-state index contributed by atoms with van der Waals surface area (Å²) in [7, 11) is 0. The molecule has 3 aromatic carbocycles. The predicted molar refractivity (Wildman–Crippen MR) is 132 cm³/mol. The van der Waals surface area contributed by atoms with Crippen molar-refractivity contribution in [2.75, 3.05) is 16.4 Å². The molecular formula is C24H22N6O3S. The molecule has 4 aromatic rings. The average Bonchev–Trinajstić information content (AvgIpc) is 3.25. The summed E-state index contributed by atoms with van der Waals surface area (Å²) in [6.07, 6.45) is 0. The lowest BCUT2D eigenvalue weighted by molar-refractivity contribution is -0.383. The highest BCUT2D eigenvalue weighted by Gasteiger charge is 2.18. The third kappa shape index (κ3) is 5.59.